The molecule has 2 aromatic carbocycles. The van der Waals surface area contributed by atoms with Crippen LogP contribution in [0.2, 0.25) is 0 Å². The summed E-state index contributed by atoms with van der Waals surface area (Å²) in [6, 6.07) is 17.3. The minimum Gasteiger partial charge on any atom is -0.507 e. The van der Waals surface area contributed by atoms with E-state index in [1.807, 2.05) is 13.0 Å². The molecule has 0 spiro atoms. The number of ketones is 1. The summed E-state index contributed by atoms with van der Waals surface area (Å²) in [4.78, 5) is 27.3. The molecule has 4 rings (SSSR count). The van der Waals surface area contributed by atoms with E-state index < -0.39 is 17.7 Å². The smallest absolute Gasteiger partial charge is 0.300 e. The van der Waals surface area contributed by atoms with E-state index in [2.05, 4.69) is 0 Å². The van der Waals surface area contributed by atoms with E-state index in [0.717, 1.165) is 0 Å². The second-order valence-corrected chi connectivity index (χ2v) is 6.80. The zero-order valence-electron chi connectivity index (χ0n) is 16.6. The number of carbonyl (C=O) groups excluding carboxylic acids is 2. The Bertz CT molecular complexity index is 1200. The summed E-state index contributed by atoms with van der Waals surface area (Å²) in [6.07, 6.45) is 1.43. The minimum absolute atomic E-state index is 0.0852. The molecule has 154 valence electrons. The van der Waals surface area contributed by atoms with Crippen molar-refractivity contribution in [3.05, 3.63) is 89.4 Å². The number of ether oxygens (including phenoxy) is 1. The third-order valence-electron chi connectivity index (χ3n) is 4.95. The number of anilines is 1. The van der Waals surface area contributed by atoms with E-state index in [9.17, 15) is 14.7 Å². The number of carbonyl (C=O) groups is 2. The Hall–Kier alpha value is -4.31. The minimum atomic E-state index is -0.960. The van der Waals surface area contributed by atoms with Gasteiger partial charge < -0.3 is 14.3 Å². The van der Waals surface area contributed by atoms with Gasteiger partial charge in [-0.05, 0) is 55.5 Å². The van der Waals surface area contributed by atoms with Crippen LogP contribution in [-0.2, 0) is 9.59 Å². The van der Waals surface area contributed by atoms with Crippen LogP contribution in [0.3, 0.4) is 0 Å². The summed E-state index contributed by atoms with van der Waals surface area (Å²) in [5.41, 5.74) is 1.09. The Labute approximate surface area is 178 Å². The number of furan rings is 1. The third-order valence-corrected chi connectivity index (χ3v) is 4.95. The molecule has 2 heterocycles. The molecular formula is C24H18N2O5. The number of aliphatic hydroxyl groups excluding tert-OH is 1. The number of amides is 1. The van der Waals surface area contributed by atoms with Crippen LogP contribution in [0.1, 0.15) is 29.9 Å². The average molecular weight is 414 g/mol. The first-order chi connectivity index (χ1) is 15.0. The number of hydrogen-bond donors (Lipinski definition) is 1. The highest BCUT2D eigenvalue weighted by Crippen LogP contribution is 2.42. The predicted molar refractivity (Wildman–Crippen MR) is 112 cm³/mol. The average Bonchev–Trinajstić information content (AvgIpc) is 3.41. The molecule has 3 aromatic rings. The monoisotopic (exact) mass is 414 g/mol. The molecule has 1 aliphatic heterocycles. The Morgan fingerprint density at radius 1 is 1.16 bits per heavy atom. The van der Waals surface area contributed by atoms with E-state index >= 15 is 0 Å². The summed E-state index contributed by atoms with van der Waals surface area (Å²) < 4.78 is 11.0. The number of Topliss-reactive ketones (excluding diaryl/α,β-unsaturated/α-hetero) is 1. The fourth-order valence-electron chi connectivity index (χ4n) is 3.57. The molecule has 1 unspecified atom stereocenters. The van der Waals surface area contributed by atoms with Gasteiger partial charge in [0, 0.05) is 11.3 Å². The van der Waals surface area contributed by atoms with Gasteiger partial charge in [0.2, 0.25) is 0 Å². The molecule has 1 fully saturated rings. The second-order valence-electron chi connectivity index (χ2n) is 6.80. The molecule has 1 N–H and O–H groups in total. The molecule has 1 amide bonds. The van der Waals surface area contributed by atoms with Crippen molar-refractivity contribution in [1.29, 1.82) is 5.26 Å². The quantitative estimate of drug-likeness (QED) is 0.382. The standard InChI is InChI=1S/C24H18N2O5/c1-2-30-18-6-3-5-16(13-18)22(27)20-21(19-7-4-12-31-19)26(24(29)23(20)28)17-10-8-15(14-25)9-11-17/h3-13,21,27H,2H2,1H3/b22-20-. The Morgan fingerprint density at radius 2 is 1.94 bits per heavy atom. The van der Waals surface area contributed by atoms with Gasteiger partial charge in [-0.1, -0.05) is 12.1 Å². The molecule has 0 bridgehead atoms. The normalized spacial score (nSPS) is 17.5. The number of nitriles is 1. The number of nitrogens with zero attached hydrogens (tertiary/aromatic N) is 2. The maximum atomic E-state index is 13.0. The van der Waals surface area contributed by atoms with E-state index in [1.165, 1.54) is 11.2 Å². The van der Waals surface area contributed by atoms with Crippen molar-refractivity contribution in [2.24, 2.45) is 0 Å². The first-order valence-electron chi connectivity index (χ1n) is 9.63. The fraction of sp³-hybridized carbons (Fsp3) is 0.125. The molecule has 1 atom stereocenters. The molecule has 0 saturated carbocycles. The Kier molecular flexibility index (Phi) is 5.29. The lowest BCUT2D eigenvalue weighted by Crippen LogP contribution is -2.29. The summed E-state index contributed by atoms with van der Waals surface area (Å²) in [7, 11) is 0. The van der Waals surface area contributed by atoms with Crippen molar-refractivity contribution in [2.75, 3.05) is 11.5 Å². The highest BCUT2D eigenvalue weighted by molar-refractivity contribution is 6.51. The maximum absolute atomic E-state index is 13.0. The van der Waals surface area contributed by atoms with Crippen LogP contribution in [0, 0.1) is 11.3 Å². The van der Waals surface area contributed by atoms with Crippen molar-refractivity contribution in [1.82, 2.24) is 0 Å². The van der Waals surface area contributed by atoms with Crippen molar-refractivity contribution < 1.29 is 23.8 Å². The van der Waals surface area contributed by atoms with Crippen LogP contribution in [0.5, 0.6) is 5.75 Å². The van der Waals surface area contributed by atoms with Crippen molar-refractivity contribution in [3.8, 4) is 11.8 Å². The highest BCUT2D eigenvalue weighted by Gasteiger charge is 2.48. The van der Waals surface area contributed by atoms with Gasteiger partial charge in [-0.3, -0.25) is 14.5 Å². The third kappa shape index (κ3) is 3.55. The largest absolute Gasteiger partial charge is 0.507 e. The van der Waals surface area contributed by atoms with Crippen LogP contribution in [0.25, 0.3) is 5.76 Å². The molecule has 1 aromatic heterocycles. The molecule has 7 nitrogen and oxygen atoms in total. The number of benzene rings is 2. The maximum Gasteiger partial charge on any atom is 0.300 e. The van der Waals surface area contributed by atoms with Crippen LogP contribution in [-0.4, -0.2) is 23.4 Å². The molecule has 31 heavy (non-hydrogen) atoms. The Morgan fingerprint density at radius 3 is 2.58 bits per heavy atom. The van der Waals surface area contributed by atoms with Gasteiger partial charge >= 0.3 is 0 Å². The van der Waals surface area contributed by atoms with Crippen molar-refractivity contribution in [3.63, 3.8) is 0 Å². The van der Waals surface area contributed by atoms with Gasteiger partial charge in [0.05, 0.1) is 30.1 Å². The Balaban J connectivity index is 1.87. The molecule has 0 aliphatic carbocycles. The second kappa shape index (κ2) is 8.20. The first kappa shape index (κ1) is 20.0. The van der Waals surface area contributed by atoms with Gasteiger partial charge in [0.25, 0.3) is 11.7 Å². The predicted octanol–water partition coefficient (Wildman–Crippen LogP) is 4.18. The zero-order valence-corrected chi connectivity index (χ0v) is 16.6. The highest BCUT2D eigenvalue weighted by atomic mass is 16.5. The van der Waals surface area contributed by atoms with Crippen LogP contribution in [0.15, 0.2) is 76.9 Å². The summed E-state index contributed by atoms with van der Waals surface area (Å²) in [5, 5.41) is 20.1. The lowest BCUT2D eigenvalue weighted by molar-refractivity contribution is -0.132. The lowest BCUT2D eigenvalue weighted by atomic mass is 9.99. The van der Waals surface area contributed by atoms with Crippen LogP contribution < -0.4 is 9.64 Å². The first-order valence-corrected chi connectivity index (χ1v) is 9.63. The summed E-state index contributed by atoms with van der Waals surface area (Å²) in [6.45, 7) is 2.28. The summed E-state index contributed by atoms with van der Waals surface area (Å²) in [5.74, 6) is -1.09. The van der Waals surface area contributed by atoms with E-state index in [-0.39, 0.29) is 11.3 Å². The molecule has 1 saturated heterocycles. The van der Waals surface area contributed by atoms with Crippen LogP contribution in [0.4, 0.5) is 5.69 Å². The number of hydrogen-bond acceptors (Lipinski definition) is 6. The molecule has 1 aliphatic rings. The topological polar surface area (TPSA) is 104 Å². The molecule has 0 radical (unpaired) electrons. The van der Waals surface area contributed by atoms with Gasteiger partial charge in [-0.2, -0.15) is 5.26 Å². The van der Waals surface area contributed by atoms with Crippen molar-refractivity contribution in [2.45, 2.75) is 13.0 Å². The van der Waals surface area contributed by atoms with Gasteiger partial charge in [0.1, 0.15) is 23.3 Å². The van der Waals surface area contributed by atoms with Crippen LogP contribution >= 0.6 is 0 Å². The lowest BCUT2D eigenvalue weighted by Gasteiger charge is -2.23. The fourth-order valence-corrected chi connectivity index (χ4v) is 3.57. The van der Waals surface area contributed by atoms with E-state index in [4.69, 9.17) is 14.4 Å². The van der Waals surface area contributed by atoms with Crippen molar-refractivity contribution >= 4 is 23.1 Å². The molecule has 7 heteroatoms. The van der Waals surface area contributed by atoms with E-state index in [0.29, 0.717) is 34.9 Å². The molecular weight excluding hydrogens is 396 g/mol. The SMILES string of the molecule is CCOc1cccc(/C(O)=C2/C(=O)C(=O)N(c3ccc(C#N)cc3)C2c2ccco2)c1. The van der Waals surface area contributed by atoms with E-state index in [1.54, 1.807) is 60.7 Å². The van der Waals surface area contributed by atoms with Gasteiger partial charge in [0.15, 0.2) is 0 Å². The van der Waals surface area contributed by atoms with Gasteiger partial charge in [-0.25, -0.2) is 0 Å². The summed E-state index contributed by atoms with van der Waals surface area (Å²) >= 11 is 0. The number of aliphatic hydroxyl groups is 1. The zero-order chi connectivity index (χ0) is 22.0. The van der Waals surface area contributed by atoms with Gasteiger partial charge in [-0.15, -0.1) is 0 Å². The number of rotatable bonds is 5.